The Morgan fingerprint density at radius 2 is 2.00 bits per heavy atom. The summed E-state index contributed by atoms with van der Waals surface area (Å²) in [5.74, 6) is 0. The lowest BCUT2D eigenvalue weighted by atomic mass is 9.86. The Kier molecular flexibility index (Phi) is 5.44. The molecular formula is C16H22Cl2N2O3. The highest BCUT2D eigenvalue weighted by molar-refractivity contribution is 6.35. The van der Waals surface area contributed by atoms with E-state index in [-0.39, 0.29) is 6.09 Å². The van der Waals surface area contributed by atoms with Gasteiger partial charge in [-0.3, -0.25) is 0 Å². The Labute approximate surface area is 146 Å². The third kappa shape index (κ3) is 4.96. The second kappa shape index (κ2) is 6.83. The van der Waals surface area contributed by atoms with Crippen molar-refractivity contribution in [3.8, 4) is 0 Å². The zero-order valence-corrected chi connectivity index (χ0v) is 15.1. The molecule has 2 rings (SSSR count). The van der Waals surface area contributed by atoms with Gasteiger partial charge in [-0.2, -0.15) is 0 Å². The van der Waals surface area contributed by atoms with Gasteiger partial charge in [0.2, 0.25) is 0 Å². The molecule has 5 nitrogen and oxygen atoms in total. The van der Waals surface area contributed by atoms with Crippen LogP contribution < -0.4 is 0 Å². The van der Waals surface area contributed by atoms with Crippen molar-refractivity contribution < 1.29 is 14.6 Å². The van der Waals surface area contributed by atoms with Crippen LogP contribution >= 0.6 is 23.2 Å². The van der Waals surface area contributed by atoms with Gasteiger partial charge in [-0.15, -0.1) is 0 Å². The van der Waals surface area contributed by atoms with Crippen molar-refractivity contribution in [2.45, 2.75) is 51.2 Å². The fourth-order valence-corrected chi connectivity index (χ4v) is 3.03. The smallest absolute Gasteiger partial charge is 0.410 e. The predicted octanol–water partition coefficient (Wildman–Crippen LogP) is 3.69. The molecular weight excluding hydrogens is 339 g/mol. The highest BCUT2D eigenvalue weighted by Crippen LogP contribution is 2.32. The van der Waals surface area contributed by atoms with Gasteiger partial charge >= 0.3 is 6.09 Å². The van der Waals surface area contributed by atoms with E-state index in [0.717, 1.165) is 0 Å². The number of piperidine rings is 1. The highest BCUT2D eigenvalue weighted by Gasteiger charge is 2.36. The van der Waals surface area contributed by atoms with Crippen LogP contribution in [0.25, 0.3) is 0 Å². The average Bonchev–Trinajstić information content (AvgIpc) is 2.42. The van der Waals surface area contributed by atoms with E-state index in [1.54, 1.807) is 11.0 Å². The van der Waals surface area contributed by atoms with Crippen molar-refractivity contribution in [2.75, 3.05) is 13.1 Å². The summed E-state index contributed by atoms with van der Waals surface area (Å²) in [5, 5.41) is 11.6. The first-order chi connectivity index (χ1) is 10.6. The number of rotatable bonds is 2. The molecule has 1 aromatic heterocycles. The molecule has 1 saturated heterocycles. The number of halogens is 2. The Morgan fingerprint density at radius 3 is 2.52 bits per heavy atom. The molecule has 0 unspecified atom stereocenters. The molecule has 1 aliphatic heterocycles. The summed E-state index contributed by atoms with van der Waals surface area (Å²) in [6, 6.07) is 1.65. The van der Waals surface area contributed by atoms with Gasteiger partial charge < -0.3 is 14.7 Å². The lowest BCUT2D eigenvalue weighted by Gasteiger charge is -2.38. The quantitative estimate of drug-likeness (QED) is 0.816. The Hall–Kier alpha value is -1.04. The summed E-state index contributed by atoms with van der Waals surface area (Å²) in [4.78, 5) is 17.7. The van der Waals surface area contributed by atoms with Crippen molar-refractivity contribution in [1.29, 1.82) is 0 Å². The van der Waals surface area contributed by atoms with Crippen molar-refractivity contribution in [3.05, 3.63) is 28.0 Å². The van der Waals surface area contributed by atoms with E-state index in [2.05, 4.69) is 4.98 Å². The summed E-state index contributed by atoms with van der Waals surface area (Å²) in [6.07, 6.45) is 2.38. The van der Waals surface area contributed by atoms with Crippen molar-refractivity contribution >= 4 is 29.3 Å². The van der Waals surface area contributed by atoms with Gasteiger partial charge in [-0.1, -0.05) is 23.2 Å². The summed E-state index contributed by atoms with van der Waals surface area (Å²) in [7, 11) is 0. The van der Waals surface area contributed by atoms with Gasteiger partial charge in [-0.05, 0) is 39.7 Å². The molecule has 7 heteroatoms. The number of carbonyl (C=O) groups excluding carboxylic acids is 1. The predicted molar refractivity (Wildman–Crippen MR) is 90.0 cm³/mol. The van der Waals surface area contributed by atoms with Crippen LogP contribution in [0.5, 0.6) is 0 Å². The highest BCUT2D eigenvalue weighted by atomic mass is 35.5. The minimum Gasteiger partial charge on any atom is -0.444 e. The zero-order chi connectivity index (χ0) is 17.3. The maximum atomic E-state index is 12.1. The van der Waals surface area contributed by atoms with Crippen LogP contribution in [0.1, 0.15) is 39.2 Å². The van der Waals surface area contributed by atoms with Crippen LogP contribution in [0.2, 0.25) is 10.2 Å². The van der Waals surface area contributed by atoms with Crippen LogP contribution in [-0.2, 0) is 11.2 Å². The number of carbonyl (C=O) groups is 1. The maximum Gasteiger partial charge on any atom is 0.410 e. The molecule has 128 valence electrons. The van der Waals surface area contributed by atoms with Crippen LogP contribution in [0, 0.1) is 0 Å². The Balaban J connectivity index is 1.99. The summed E-state index contributed by atoms with van der Waals surface area (Å²) < 4.78 is 5.35. The standard InChI is InChI=1S/C16H22Cl2N2O3/c1-15(2,3)23-14(21)20-8-5-16(22,6-9-20)10-11-12(17)4-7-19-13(11)18/h4,7,22H,5-6,8-10H2,1-3H3. The number of aliphatic hydroxyl groups is 1. The van der Waals surface area contributed by atoms with Crippen molar-refractivity contribution in [2.24, 2.45) is 0 Å². The number of amides is 1. The minimum absolute atomic E-state index is 0.306. The molecule has 0 saturated carbocycles. The lowest BCUT2D eigenvalue weighted by molar-refractivity contribution is -0.0315. The molecule has 0 bridgehead atoms. The van der Waals surface area contributed by atoms with Crippen LogP contribution in [0.3, 0.4) is 0 Å². The van der Waals surface area contributed by atoms with Crippen LogP contribution in [0.15, 0.2) is 12.3 Å². The van der Waals surface area contributed by atoms with Gasteiger partial charge in [0.25, 0.3) is 0 Å². The third-order valence-electron chi connectivity index (χ3n) is 3.80. The molecule has 1 aromatic rings. The molecule has 1 fully saturated rings. The SMILES string of the molecule is CC(C)(C)OC(=O)N1CCC(O)(Cc2c(Cl)ccnc2Cl)CC1. The second-order valence-corrected chi connectivity index (χ2v) is 7.70. The maximum absolute atomic E-state index is 12.1. The van der Waals surface area contributed by atoms with Crippen LogP contribution in [0.4, 0.5) is 4.79 Å². The summed E-state index contributed by atoms with van der Waals surface area (Å²) in [5.41, 5.74) is -0.833. The van der Waals surface area contributed by atoms with E-state index in [1.807, 2.05) is 20.8 Å². The number of aromatic nitrogens is 1. The second-order valence-electron chi connectivity index (χ2n) is 6.93. The Bertz CT molecular complexity index is 559. The largest absolute Gasteiger partial charge is 0.444 e. The van der Waals surface area contributed by atoms with Gasteiger partial charge in [-0.25, -0.2) is 9.78 Å². The molecule has 23 heavy (non-hydrogen) atoms. The van der Waals surface area contributed by atoms with Crippen molar-refractivity contribution in [3.63, 3.8) is 0 Å². The molecule has 0 aliphatic carbocycles. The van der Waals surface area contributed by atoms with Gasteiger partial charge in [0.1, 0.15) is 10.8 Å². The molecule has 0 radical (unpaired) electrons. The third-order valence-corrected chi connectivity index (χ3v) is 4.48. The first-order valence-electron chi connectivity index (χ1n) is 7.59. The minimum atomic E-state index is -0.950. The van der Waals surface area contributed by atoms with E-state index < -0.39 is 11.2 Å². The van der Waals surface area contributed by atoms with E-state index in [9.17, 15) is 9.90 Å². The number of nitrogens with zero attached hydrogens (tertiary/aromatic N) is 2. The zero-order valence-electron chi connectivity index (χ0n) is 13.6. The first-order valence-corrected chi connectivity index (χ1v) is 8.34. The number of hydrogen-bond acceptors (Lipinski definition) is 4. The number of ether oxygens (including phenoxy) is 1. The van der Waals surface area contributed by atoms with Crippen LogP contribution in [-0.4, -0.2) is 45.4 Å². The van der Waals surface area contributed by atoms with Gasteiger partial charge in [0.05, 0.1) is 5.60 Å². The summed E-state index contributed by atoms with van der Waals surface area (Å²) >= 11 is 12.2. The summed E-state index contributed by atoms with van der Waals surface area (Å²) in [6.45, 7) is 6.36. The van der Waals surface area contributed by atoms with E-state index >= 15 is 0 Å². The lowest BCUT2D eigenvalue weighted by Crippen LogP contribution is -2.49. The molecule has 1 aliphatic rings. The number of pyridine rings is 1. The fourth-order valence-electron chi connectivity index (χ4n) is 2.54. The molecule has 2 heterocycles. The molecule has 0 atom stereocenters. The number of hydrogen-bond donors (Lipinski definition) is 1. The van der Waals surface area contributed by atoms with Gasteiger partial charge in [0.15, 0.2) is 0 Å². The topological polar surface area (TPSA) is 62.7 Å². The van der Waals surface area contributed by atoms with E-state index in [1.165, 1.54) is 6.20 Å². The van der Waals surface area contributed by atoms with Crippen molar-refractivity contribution in [1.82, 2.24) is 9.88 Å². The van der Waals surface area contributed by atoms with E-state index in [4.69, 9.17) is 27.9 Å². The van der Waals surface area contributed by atoms with E-state index in [0.29, 0.717) is 48.1 Å². The fraction of sp³-hybridized carbons (Fsp3) is 0.625. The molecule has 1 amide bonds. The Morgan fingerprint density at radius 1 is 1.39 bits per heavy atom. The normalized spacial score (nSPS) is 17.9. The molecule has 0 spiro atoms. The number of likely N-dealkylation sites (tertiary alicyclic amines) is 1. The van der Waals surface area contributed by atoms with Gasteiger partial charge in [0, 0.05) is 36.3 Å². The first kappa shape index (κ1) is 18.3. The average molecular weight is 361 g/mol. The molecule has 0 aromatic carbocycles. The molecule has 1 N–H and O–H groups in total. The monoisotopic (exact) mass is 360 g/mol.